The lowest BCUT2D eigenvalue weighted by atomic mass is 10.1. The van der Waals surface area contributed by atoms with Crippen molar-refractivity contribution in [2.45, 2.75) is 12.5 Å². The molecule has 4 aromatic rings. The molecule has 0 aliphatic carbocycles. The van der Waals surface area contributed by atoms with Gasteiger partial charge in [0.1, 0.15) is 11.2 Å². The molecule has 2 heterocycles. The Kier molecular flexibility index (Phi) is 4.02. The van der Waals surface area contributed by atoms with Gasteiger partial charge in [0.2, 0.25) is 11.7 Å². The predicted octanol–water partition coefficient (Wildman–Crippen LogP) is 3.86. The summed E-state index contributed by atoms with van der Waals surface area (Å²) in [6.45, 7) is 0.294. The Bertz CT molecular complexity index is 1100. The number of fused-ring (bicyclic) bond motifs is 1. The van der Waals surface area contributed by atoms with Gasteiger partial charge in [0.05, 0.1) is 12.7 Å². The van der Waals surface area contributed by atoms with E-state index in [4.69, 9.17) is 0 Å². The molecule has 2 aromatic carbocycles. The van der Waals surface area contributed by atoms with Crippen LogP contribution in [0.5, 0.6) is 5.88 Å². The summed E-state index contributed by atoms with van der Waals surface area (Å²) in [4.78, 5) is 7.49. The van der Waals surface area contributed by atoms with Crippen molar-refractivity contribution in [2.75, 3.05) is 0 Å². The summed E-state index contributed by atoms with van der Waals surface area (Å²) in [6.07, 6.45) is 1.33. The number of nitrogens with zero attached hydrogens (tertiary/aromatic N) is 4. The van der Waals surface area contributed by atoms with Gasteiger partial charge < -0.3 is 5.11 Å². The van der Waals surface area contributed by atoms with Gasteiger partial charge >= 0.3 is 5.92 Å². The van der Waals surface area contributed by atoms with Gasteiger partial charge in [0.25, 0.3) is 0 Å². The van der Waals surface area contributed by atoms with Crippen LogP contribution in [-0.4, -0.2) is 24.9 Å². The van der Waals surface area contributed by atoms with Crippen molar-refractivity contribution in [3.63, 3.8) is 0 Å². The third-order valence-electron chi connectivity index (χ3n) is 4.14. The fourth-order valence-electron chi connectivity index (χ4n) is 2.74. The predicted molar refractivity (Wildman–Crippen MR) is 91.9 cm³/mol. The summed E-state index contributed by atoms with van der Waals surface area (Å²) in [5.74, 6) is -5.71. The van der Waals surface area contributed by atoms with E-state index in [-0.39, 0.29) is 11.0 Å². The molecule has 1 N–H and O–H groups in total. The molecule has 5 nitrogen and oxygen atoms in total. The van der Waals surface area contributed by atoms with Crippen LogP contribution in [0.25, 0.3) is 11.0 Å². The Morgan fingerprint density at radius 3 is 2.37 bits per heavy atom. The monoisotopic (exact) mass is 370 g/mol. The zero-order valence-electron chi connectivity index (χ0n) is 13.9. The van der Waals surface area contributed by atoms with Gasteiger partial charge in [-0.3, -0.25) is 0 Å². The van der Waals surface area contributed by atoms with Gasteiger partial charge in [-0.2, -0.15) is 18.9 Å². The van der Waals surface area contributed by atoms with Crippen LogP contribution in [0.2, 0.25) is 0 Å². The topological polar surface area (TPSA) is 63.8 Å². The quantitative estimate of drug-likeness (QED) is 0.593. The number of rotatable bonds is 4. The normalized spacial score (nSPS) is 11.8. The standard InChI is InChI=1S/C19H13F3N4O/c20-14-8-6-13(7-9-14)19(21,22)18-24-16-15(17(27)25-18)10-23-26(16)11-12-4-2-1-3-5-12/h1-10H,11H2,(H,24,25,27). The Balaban J connectivity index is 1.80. The average Bonchev–Trinajstić information content (AvgIpc) is 3.06. The molecule has 8 heteroatoms. The van der Waals surface area contributed by atoms with Crippen molar-refractivity contribution < 1.29 is 18.3 Å². The van der Waals surface area contributed by atoms with E-state index in [1.807, 2.05) is 30.3 Å². The van der Waals surface area contributed by atoms with Crippen LogP contribution in [0.4, 0.5) is 13.2 Å². The van der Waals surface area contributed by atoms with E-state index < -0.39 is 29.0 Å². The molecule has 2 aromatic heterocycles. The van der Waals surface area contributed by atoms with Crippen LogP contribution in [0, 0.1) is 5.82 Å². The lowest BCUT2D eigenvalue weighted by molar-refractivity contribution is 0.0324. The fraction of sp³-hybridized carbons (Fsp3) is 0.105. The minimum atomic E-state index is -3.61. The number of hydrogen-bond acceptors (Lipinski definition) is 4. The number of halogens is 3. The van der Waals surface area contributed by atoms with E-state index in [0.29, 0.717) is 6.54 Å². The molecule has 0 amide bonds. The average molecular weight is 370 g/mol. The van der Waals surface area contributed by atoms with E-state index in [0.717, 1.165) is 29.8 Å². The summed E-state index contributed by atoms with van der Waals surface area (Å²) in [7, 11) is 0. The fourth-order valence-corrected chi connectivity index (χ4v) is 2.74. The maximum absolute atomic E-state index is 14.8. The second-order valence-electron chi connectivity index (χ2n) is 5.98. The lowest BCUT2D eigenvalue weighted by Gasteiger charge is -2.15. The number of aromatic hydroxyl groups is 1. The van der Waals surface area contributed by atoms with Crippen LogP contribution < -0.4 is 0 Å². The molecule has 136 valence electrons. The molecule has 0 unspecified atom stereocenters. The van der Waals surface area contributed by atoms with Gasteiger partial charge in [0.15, 0.2) is 5.65 Å². The van der Waals surface area contributed by atoms with E-state index >= 15 is 0 Å². The smallest absolute Gasteiger partial charge is 0.331 e. The first-order chi connectivity index (χ1) is 12.9. The first-order valence-corrected chi connectivity index (χ1v) is 8.06. The Hall–Kier alpha value is -3.42. The van der Waals surface area contributed by atoms with Crippen LogP contribution in [0.1, 0.15) is 17.0 Å². The molecular formula is C19H13F3N4O. The van der Waals surface area contributed by atoms with Crippen molar-refractivity contribution in [2.24, 2.45) is 0 Å². The Morgan fingerprint density at radius 2 is 1.67 bits per heavy atom. The van der Waals surface area contributed by atoms with Gasteiger partial charge in [-0.25, -0.2) is 14.1 Å². The van der Waals surface area contributed by atoms with Gasteiger partial charge in [-0.15, -0.1) is 0 Å². The van der Waals surface area contributed by atoms with Crippen LogP contribution in [0.3, 0.4) is 0 Å². The summed E-state index contributed by atoms with van der Waals surface area (Å²) < 4.78 is 44.1. The lowest BCUT2D eigenvalue weighted by Crippen LogP contribution is -2.19. The molecule has 0 saturated carbocycles. The first-order valence-electron chi connectivity index (χ1n) is 8.06. The molecule has 0 atom stereocenters. The number of benzene rings is 2. The molecule has 0 aliphatic heterocycles. The van der Waals surface area contributed by atoms with Crippen molar-refractivity contribution in [3.05, 3.63) is 83.6 Å². The highest BCUT2D eigenvalue weighted by Crippen LogP contribution is 2.35. The van der Waals surface area contributed by atoms with Gasteiger partial charge in [-0.05, 0) is 29.8 Å². The van der Waals surface area contributed by atoms with Crippen molar-refractivity contribution in [1.82, 2.24) is 19.7 Å². The Morgan fingerprint density at radius 1 is 0.963 bits per heavy atom. The molecule has 27 heavy (non-hydrogen) atoms. The third kappa shape index (κ3) is 3.10. The van der Waals surface area contributed by atoms with Crippen molar-refractivity contribution in [1.29, 1.82) is 0 Å². The maximum atomic E-state index is 14.8. The number of alkyl halides is 2. The van der Waals surface area contributed by atoms with Gasteiger partial charge in [-0.1, -0.05) is 30.3 Å². The molecule has 0 radical (unpaired) electrons. The van der Waals surface area contributed by atoms with E-state index in [1.54, 1.807) is 0 Å². The first kappa shape index (κ1) is 17.0. The second-order valence-corrected chi connectivity index (χ2v) is 5.98. The summed E-state index contributed by atoms with van der Waals surface area (Å²) >= 11 is 0. The molecule has 0 aliphatic rings. The molecule has 0 spiro atoms. The van der Waals surface area contributed by atoms with Gasteiger partial charge in [0, 0.05) is 5.56 Å². The van der Waals surface area contributed by atoms with Crippen molar-refractivity contribution >= 4 is 11.0 Å². The minimum absolute atomic E-state index is 0.0862. The second kappa shape index (κ2) is 6.39. The maximum Gasteiger partial charge on any atom is 0.331 e. The minimum Gasteiger partial charge on any atom is -0.493 e. The van der Waals surface area contributed by atoms with Crippen molar-refractivity contribution in [3.8, 4) is 5.88 Å². The largest absolute Gasteiger partial charge is 0.493 e. The summed E-state index contributed by atoms with van der Waals surface area (Å²) in [5, 5.41) is 14.4. The highest BCUT2D eigenvalue weighted by molar-refractivity contribution is 5.79. The highest BCUT2D eigenvalue weighted by Gasteiger charge is 2.38. The molecule has 0 saturated heterocycles. The van der Waals surface area contributed by atoms with Crippen LogP contribution in [0.15, 0.2) is 60.8 Å². The van der Waals surface area contributed by atoms with E-state index in [9.17, 15) is 18.3 Å². The zero-order chi connectivity index (χ0) is 19.0. The molecular weight excluding hydrogens is 357 g/mol. The zero-order valence-corrected chi connectivity index (χ0v) is 13.9. The Labute approximate surface area is 151 Å². The SMILES string of the molecule is Oc1nc(C(F)(F)c2ccc(F)cc2)nc2c1cnn2Cc1ccccc1. The van der Waals surface area contributed by atoms with E-state index in [2.05, 4.69) is 15.1 Å². The number of hydrogen-bond donors (Lipinski definition) is 1. The molecule has 4 rings (SSSR count). The third-order valence-corrected chi connectivity index (χ3v) is 4.14. The summed E-state index contributed by atoms with van der Waals surface area (Å²) in [5.41, 5.74) is 0.507. The molecule has 0 bridgehead atoms. The van der Waals surface area contributed by atoms with Crippen LogP contribution >= 0.6 is 0 Å². The van der Waals surface area contributed by atoms with Crippen LogP contribution in [-0.2, 0) is 12.5 Å². The van der Waals surface area contributed by atoms with E-state index in [1.165, 1.54) is 10.9 Å². The summed E-state index contributed by atoms with van der Waals surface area (Å²) in [6, 6.07) is 13.1. The molecule has 0 fully saturated rings. The highest BCUT2D eigenvalue weighted by atomic mass is 19.3. The number of aromatic nitrogens is 4.